The van der Waals surface area contributed by atoms with Crippen molar-refractivity contribution in [3.8, 4) is 0 Å². The van der Waals surface area contributed by atoms with Crippen molar-refractivity contribution in [2.45, 2.75) is 39.0 Å². The van der Waals surface area contributed by atoms with Crippen molar-refractivity contribution < 1.29 is 4.79 Å². The summed E-state index contributed by atoms with van der Waals surface area (Å²) in [4.78, 5) is 18.7. The second-order valence-electron chi connectivity index (χ2n) is 6.20. The molecule has 1 N–H and O–H groups in total. The van der Waals surface area contributed by atoms with Crippen LogP contribution in [0.25, 0.3) is 0 Å². The van der Waals surface area contributed by atoms with Crippen molar-refractivity contribution in [2.75, 3.05) is 26.7 Å². The number of carbonyl (C=O) groups is 1. The van der Waals surface area contributed by atoms with Crippen molar-refractivity contribution in [2.24, 2.45) is 5.92 Å². The Balaban J connectivity index is 1.86. The third-order valence-electron chi connectivity index (χ3n) is 3.97. The number of amides is 1. The van der Waals surface area contributed by atoms with E-state index in [4.69, 9.17) is 0 Å². The predicted molar refractivity (Wildman–Crippen MR) is 80.0 cm³/mol. The van der Waals surface area contributed by atoms with Gasteiger partial charge in [0.2, 0.25) is 0 Å². The van der Waals surface area contributed by atoms with Gasteiger partial charge < -0.3 is 10.2 Å². The second-order valence-corrected chi connectivity index (χ2v) is 6.20. The molecule has 0 atom stereocenters. The summed E-state index contributed by atoms with van der Waals surface area (Å²) in [5.74, 6) is 1.10. The van der Waals surface area contributed by atoms with Crippen molar-refractivity contribution in [1.82, 2.24) is 19.8 Å². The van der Waals surface area contributed by atoms with Gasteiger partial charge in [0, 0.05) is 18.7 Å². The highest BCUT2D eigenvalue weighted by atomic mass is 16.2. The van der Waals surface area contributed by atoms with E-state index in [1.807, 2.05) is 6.20 Å². The molecule has 2 heterocycles. The fourth-order valence-corrected chi connectivity index (χ4v) is 2.52. The molecule has 1 aliphatic heterocycles. The Morgan fingerprint density at radius 2 is 2.15 bits per heavy atom. The maximum absolute atomic E-state index is 12.0. The number of nitrogens with one attached hydrogen (secondary N) is 1. The molecule has 0 radical (unpaired) electrons. The molecule has 1 amide bonds. The first-order valence-electron chi connectivity index (χ1n) is 7.57. The van der Waals surface area contributed by atoms with Crippen molar-refractivity contribution in [3.63, 3.8) is 0 Å². The lowest BCUT2D eigenvalue weighted by atomic mass is 9.94. The number of rotatable bonds is 4. The highest BCUT2D eigenvalue weighted by molar-refractivity contribution is 5.76. The van der Waals surface area contributed by atoms with E-state index in [0.717, 1.165) is 44.6 Å². The van der Waals surface area contributed by atoms with Crippen LogP contribution in [0, 0.1) is 5.92 Å². The molecule has 5 heteroatoms. The van der Waals surface area contributed by atoms with Gasteiger partial charge in [-0.05, 0) is 45.3 Å². The van der Waals surface area contributed by atoms with Gasteiger partial charge in [-0.1, -0.05) is 13.8 Å². The van der Waals surface area contributed by atoms with Gasteiger partial charge in [-0.2, -0.15) is 0 Å². The molecule has 1 saturated heterocycles. The zero-order valence-corrected chi connectivity index (χ0v) is 12.8. The number of hydrogen-bond acceptors (Lipinski definition) is 3. The van der Waals surface area contributed by atoms with E-state index in [-0.39, 0.29) is 6.03 Å². The van der Waals surface area contributed by atoms with Crippen molar-refractivity contribution in [1.29, 1.82) is 0 Å². The number of nitrogens with zero attached hydrogens (tertiary/aromatic N) is 3. The number of hydrogen-bond donors (Lipinski definition) is 1. The Kier molecular flexibility index (Phi) is 5.17. The number of aromatic nitrogens is 2. The van der Waals surface area contributed by atoms with Crippen LogP contribution >= 0.6 is 0 Å². The summed E-state index contributed by atoms with van der Waals surface area (Å²) in [6.07, 6.45) is 6.78. The minimum Gasteiger partial charge on any atom is -0.337 e. The van der Waals surface area contributed by atoms with Crippen molar-refractivity contribution in [3.05, 3.63) is 18.2 Å². The Morgan fingerprint density at radius 1 is 1.45 bits per heavy atom. The summed E-state index contributed by atoms with van der Waals surface area (Å²) in [6, 6.07) is -0.0719. The predicted octanol–water partition coefficient (Wildman–Crippen LogP) is 2.30. The van der Waals surface area contributed by atoms with Crippen LogP contribution in [0.3, 0.4) is 0 Å². The Morgan fingerprint density at radius 3 is 2.80 bits per heavy atom. The third-order valence-corrected chi connectivity index (χ3v) is 3.97. The minimum atomic E-state index is -0.0719. The summed E-state index contributed by atoms with van der Waals surface area (Å²) < 4.78 is 1.58. The number of piperidine rings is 1. The molecule has 1 fully saturated rings. The summed E-state index contributed by atoms with van der Waals surface area (Å²) in [7, 11) is 2.15. The molecule has 0 spiro atoms. The molecule has 0 unspecified atom stereocenters. The van der Waals surface area contributed by atoms with Gasteiger partial charge in [0.1, 0.15) is 6.33 Å². The molecule has 0 bridgehead atoms. The van der Waals surface area contributed by atoms with Crippen LogP contribution in [-0.4, -0.2) is 47.2 Å². The van der Waals surface area contributed by atoms with Gasteiger partial charge in [-0.3, -0.25) is 4.57 Å². The minimum absolute atomic E-state index is 0.0719. The molecule has 1 aromatic rings. The Labute approximate surface area is 121 Å². The SMILES string of the molecule is CC(C)CCNC(=O)n1cnc(C2CCN(C)CC2)c1. The number of likely N-dealkylation sites (tertiary alicyclic amines) is 1. The monoisotopic (exact) mass is 278 g/mol. The molecule has 20 heavy (non-hydrogen) atoms. The van der Waals surface area contributed by atoms with E-state index in [2.05, 4.69) is 36.1 Å². The number of imidazole rings is 1. The Hall–Kier alpha value is -1.36. The van der Waals surface area contributed by atoms with E-state index in [1.54, 1.807) is 10.9 Å². The van der Waals surface area contributed by atoms with Gasteiger partial charge in [0.05, 0.1) is 5.69 Å². The molecule has 0 saturated carbocycles. The van der Waals surface area contributed by atoms with Crippen LogP contribution in [0.15, 0.2) is 12.5 Å². The normalized spacial score (nSPS) is 17.6. The largest absolute Gasteiger partial charge is 0.337 e. The molecule has 2 rings (SSSR count). The smallest absolute Gasteiger partial charge is 0.326 e. The first kappa shape index (κ1) is 15.0. The van der Waals surface area contributed by atoms with Gasteiger partial charge in [0.25, 0.3) is 0 Å². The molecule has 1 aromatic heterocycles. The van der Waals surface area contributed by atoms with Crippen LogP contribution in [0.5, 0.6) is 0 Å². The lowest BCUT2D eigenvalue weighted by Crippen LogP contribution is -2.30. The summed E-state index contributed by atoms with van der Waals surface area (Å²) in [5.41, 5.74) is 1.05. The average Bonchev–Trinajstić information content (AvgIpc) is 2.88. The van der Waals surface area contributed by atoms with E-state index in [1.165, 1.54) is 0 Å². The van der Waals surface area contributed by atoms with E-state index >= 15 is 0 Å². The quantitative estimate of drug-likeness (QED) is 0.919. The van der Waals surface area contributed by atoms with Crippen molar-refractivity contribution >= 4 is 6.03 Å². The van der Waals surface area contributed by atoms with Crippen LogP contribution in [0.2, 0.25) is 0 Å². The van der Waals surface area contributed by atoms with Gasteiger partial charge >= 0.3 is 6.03 Å². The van der Waals surface area contributed by atoms with Crippen LogP contribution in [0.4, 0.5) is 4.79 Å². The zero-order valence-electron chi connectivity index (χ0n) is 12.8. The molecule has 0 aromatic carbocycles. The summed E-state index contributed by atoms with van der Waals surface area (Å²) in [6.45, 7) is 7.25. The average molecular weight is 278 g/mol. The number of carbonyl (C=O) groups excluding carboxylic acids is 1. The zero-order chi connectivity index (χ0) is 14.5. The lowest BCUT2D eigenvalue weighted by molar-refractivity contribution is 0.241. The van der Waals surface area contributed by atoms with Gasteiger partial charge in [-0.25, -0.2) is 9.78 Å². The molecule has 112 valence electrons. The fourth-order valence-electron chi connectivity index (χ4n) is 2.52. The molecule has 1 aliphatic rings. The summed E-state index contributed by atoms with van der Waals surface area (Å²) >= 11 is 0. The first-order valence-corrected chi connectivity index (χ1v) is 7.57. The molecule has 5 nitrogen and oxygen atoms in total. The summed E-state index contributed by atoms with van der Waals surface area (Å²) in [5, 5.41) is 2.93. The molecule has 0 aliphatic carbocycles. The third kappa shape index (κ3) is 4.07. The topological polar surface area (TPSA) is 50.2 Å². The maximum atomic E-state index is 12.0. The first-order chi connectivity index (χ1) is 9.56. The highest BCUT2D eigenvalue weighted by Gasteiger charge is 2.21. The second kappa shape index (κ2) is 6.88. The molecular weight excluding hydrogens is 252 g/mol. The van der Waals surface area contributed by atoms with Crippen LogP contribution < -0.4 is 5.32 Å². The molecular formula is C15H26N4O. The van der Waals surface area contributed by atoms with E-state index in [0.29, 0.717) is 11.8 Å². The fraction of sp³-hybridized carbons (Fsp3) is 0.733. The van der Waals surface area contributed by atoms with E-state index < -0.39 is 0 Å². The van der Waals surface area contributed by atoms with Crippen LogP contribution in [0.1, 0.15) is 44.7 Å². The van der Waals surface area contributed by atoms with Crippen LogP contribution in [-0.2, 0) is 0 Å². The van der Waals surface area contributed by atoms with E-state index in [9.17, 15) is 4.79 Å². The standard InChI is InChI=1S/C15H26N4O/c1-12(2)4-7-16-15(20)19-10-14(17-11-19)13-5-8-18(3)9-6-13/h10-13H,4-9H2,1-3H3,(H,16,20). The lowest BCUT2D eigenvalue weighted by Gasteiger charge is -2.27. The van der Waals surface area contributed by atoms with Gasteiger partial charge in [0.15, 0.2) is 0 Å². The highest BCUT2D eigenvalue weighted by Crippen LogP contribution is 2.25. The van der Waals surface area contributed by atoms with Gasteiger partial charge in [-0.15, -0.1) is 0 Å². The maximum Gasteiger partial charge on any atom is 0.326 e. The Bertz CT molecular complexity index is 433.